The zero-order valence-electron chi connectivity index (χ0n) is 13.7. The van der Waals surface area contributed by atoms with Gasteiger partial charge in [-0.05, 0) is 31.2 Å². The van der Waals surface area contributed by atoms with E-state index in [2.05, 4.69) is 20.4 Å². The van der Waals surface area contributed by atoms with Crippen molar-refractivity contribution >= 4 is 22.7 Å². The van der Waals surface area contributed by atoms with Crippen LogP contribution in [0.15, 0.2) is 30.7 Å². The maximum Gasteiger partial charge on any atom is 0.339 e. The highest BCUT2D eigenvalue weighted by Crippen LogP contribution is 2.58. The van der Waals surface area contributed by atoms with E-state index in [0.29, 0.717) is 22.7 Å². The van der Waals surface area contributed by atoms with Gasteiger partial charge < -0.3 is 10.4 Å². The third-order valence-electron chi connectivity index (χ3n) is 5.31. The Labute approximate surface area is 148 Å². The number of pyridine rings is 2. The number of hydrogen-bond donors (Lipinski definition) is 2. The Morgan fingerprint density at radius 1 is 1.27 bits per heavy atom. The number of aromatic nitrogens is 4. The first-order valence-electron chi connectivity index (χ1n) is 8.33. The molecule has 3 aliphatic carbocycles. The maximum absolute atomic E-state index is 11.6. The summed E-state index contributed by atoms with van der Waals surface area (Å²) in [7, 11) is 0. The number of nitrogens with one attached hydrogen (secondary N) is 1. The number of nitrogens with zero attached hydrogens (tertiary/aromatic N) is 5. The van der Waals surface area contributed by atoms with Gasteiger partial charge in [-0.3, -0.25) is 0 Å². The van der Waals surface area contributed by atoms with Crippen LogP contribution in [-0.4, -0.2) is 36.4 Å². The van der Waals surface area contributed by atoms with Crippen molar-refractivity contribution in [3.05, 3.63) is 41.9 Å². The minimum absolute atomic E-state index is 0.0413. The van der Waals surface area contributed by atoms with Crippen LogP contribution in [0.4, 0.5) is 5.69 Å². The predicted molar refractivity (Wildman–Crippen MR) is 92.0 cm³/mol. The van der Waals surface area contributed by atoms with E-state index >= 15 is 0 Å². The summed E-state index contributed by atoms with van der Waals surface area (Å²) in [5, 5.41) is 26.9. The Hall–Kier alpha value is -3.47. The van der Waals surface area contributed by atoms with Gasteiger partial charge in [-0.1, -0.05) is 0 Å². The summed E-state index contributed by atoms with van der Waals surface area (Å²) in [5.74, 6) is 0.252. The number of anilines is 1. The summed E-state index contributed by atoms with van der Waals surface area (Å²) < 4.78 is 1.55. The van der Waals surface area contributed by atoms with Gasteiger partial charge in [-0.2, -0.15) is 15.0 Å². The Morgan fingerprint density at radius 2 is 2.08 bits per heavy atom. The van der Waals surface area contributed by atoms with Crippen molar-refractivity contribution in [3.8, 4) is 11.9 Å². The predicted octanol–water partition coefficient (Wildman–Crippen LogP) is 2.35. The minimum atomic E-state index is -1.01. The lowest BCUT2D eigenvalue weighted by molar-refractivity contribution is 0.00205. The second-order valence-corrected chi connectivity index (χ2v) is 7.08. The molecule has 0 aliphatic heterocycles. The van der Waals surface area contributed by atoms with Crippen molar-refractivity contribution in [2.75, 3.05) is 5.32 Å². The van der Waals surface area contributed by atoms with Crippen LogP contribution in [0.5, 0.6) is 0 Å². The highest BCUT2D eigenvalue weighted by atomic mass is 16.4. The molecule has 6 rings (SSSR count). The topological polar surface area (TPSA) is 117 Å². The molecule has 0 saturated heterocycles. The van der Waals surface area contributed by atoms with Gasteiger partial charge in [0, 0.05) is 29.4 Å². The van der Waals surface area contributed by atoms with E-state index in [4.69, 9.17) is 5.26 Å². The van der Waals surface area contributed by atoms with Crippen molar-refractivity contribution in [2.24, 2.45) is 5.92 Å². The molecule has 0 radical (unpaired) electrons. The Balaban J connectivity index is 1.59. The van der Waals surface area contributed by atoms with Crippen LogP contribution in [0.3, 0.4) is 0 Å². The molecule has 8 nitrogen and oxygen atoms in total. The van der Waals surface area contributed by atoms with Gasteiger partial charge in [-0.25, -0.2) is 14.8 Å². The molecule has 0 aromatic carbocycles. The van der Waals surface area contributed by atoms with E-state index in [1.165, 1.54) is 12.4 Å². The van der Waals surface area contributed by atoms with Crippen LogP contribution >= 0.6 is 0 Å². The molecule has 0 atom stereocenters. The smallest absolute Gasteiger partial charge is 0.339 e. The first-order chi connectivity index (χ1) is 12.6. The summed E-state index contributed by atoms with van der Waals surface area (Å²) >= 11 is 0. The van der Waals surface area contributed by atoms with Crippen molar-refractivity contribution in [1.82, 2.24) is 19.7 Å². The van der Waals surface area contributed by atoms with Crippen molar-refractivity contribution in [3.63, 3.8) is 0 Å². The fraction of sp³-hybridized carbons (Fsp3) is 0.278. The normalized spacial score (nSPS) is 23.0. The molecule has 0 spiro atoms. The minimum Gasteiger partial charge on any atom is -0.478 e. The quantitative estimate of drug-likeness (QED) is 0.744. The molecular weight excluding hydrogens is 332 g/mol. The zero-order chi connectivity index (χ0) is 17.9. The fourth-order valence-corrected chi connectivity index (χ4v) is 3.90. The van der Waals surface area contributed by atoms with Crippen molar-refractivity contribution < 1.29 is 9.90 Å². The third kappa shape index (κ3) is 2.07. The third-order valence-corrected chi connectivity index (χ3v) is 5.31. The van der Waals surface area contributed by atoms with E-state index in [1.54, 1.807) is 23.0 Å². The molecule has 3 aromatic heterocycles. The number of hydrogen-bond acceptors (Lipinski definition) is 6. The van der Waals surface area contributed by atoms with Crippen molar-refractivity contribution in [1.29, 1.82) is 5.26 Å². The zero-order valence-corrected chi connectivity index (χ0v) is 13.7. The summed E-state index contributed by atoms with van der Waals surface area (Å²) in [6, 6.07) is 5.46. The molecule has 8 heteroatoms. The summed E-state index contributed by atoms with van der Waals surface area (Å²) in [4.78, 5) is 20.1. The monoisotopic (exact) mass is 346 g/mol. The average molecular weight is 346 g/mol. The lowest BCUT2D eigenvalue weighted by Gasteiger charge is -2.62. The van der Waals surface area contributed by atoms with Crippen molar-refractivity contribution in [2.45, 2.75) is 24.8 Å². The van der Waals surface area contributed by atoms with Gasteiger partial charge in [0.2, 0.25) is 0 Å². The fourth-order valence-electron chi connectivity index (χ4n) is 3.90. The highest BCUT2D eigenvalue weighted by molar-refractivity contribution is 5.94. The second-order valence-electron chi connectivity index (χ2n) is 7.08. The molecular formula is C18H14N6O2. The average Bonchev–Trinajstić information content (AvgIpc) is 2.99. The molecule has 3 heterocycles. The van der Waals surface area contributed by atoms with E-state index in [-0.39, 0.29) is 11.1 Å². The number of carboxylic acids is 1. The molecule has 2 bridgehead atoms. The summed E-state index contributed by atoms with van der Waals surface area (Å²) in [6.45, 7) is 0. The lowest BCUT2D eigenvalue weighted by Crippen LogP contribution is -2.63. The molecule has 0 amide bonds. The molecule has 3 saturated carbocycles. The maximum atomic E-state index is 11.6. The molecule has 3 fully saturated rings. The first kappa shape index (κ1) is 14.8. The van der Waals surface area contributed by atoms with Gasteiger partial charge in [0.25, 0.3) is 0 Å². The molecule has 3 aromatic rings. The number of rotatable bonds is 4. The Bertz CT molecular complexity index is 1100. The molecule has 26 heavy (non-hydrogen) atoms. The van der Waals surface area contributed by atoms with Crippen LogP contribution in [-0.2, 0) is 0 Å². The molecule has 3 aliphatic rings. The standard InChI is InChI=1S/C18H14N6O2/c19-6-10-1-12-8-22-24(16(12)21-7-10)15-2-14(13(9-20-15)17(25)26)23-18-3-11(4-18)5-18/h1-2,7-9,11H,3-5H2,(H,20,23)(H,25,26). The molecule has 0 unspecified atom stereocenters. The number of fused-ring (bicyclic) bond motifs is 1. The van der Waals surface area contributed by atoms with Crippen LogP contribution in [0.2, 0.25) is 0 Å². The second kappa shape index (κ2) is 5.02. The van der Waals surface area contributed by atoms with E-state index in [0.717, 1.165) is 30.6 Å². The number of carboxylic acid groups (broad SMARTS) is 1. The first-order valence-corrected chi connectivity index (χ1v) is 8.33. The van der Waals surface area contributed by atoms with Gasteiger partial charge in [0.1, 0.15) is 11.6 Å². The summed E-state index contributed by atoms with van der Waals surface area (Å²) in [5.41, 5.74) is 1.76. The van der Waals surface area contributed by atoms with Crippen LogP contribution in [0.25, 0.3) is 16.9 Å². The van der Waals surface area contributed by atoms with E-state index < -0.39 is 5.97 Å². The SMILES string of the molecule is N#Cc1cnc2c(cnn2-c2cc(NC34CC(C3)C4)c(C(=O)O)cn2)c1. The van der Waals surface area contributed by atoms with E-state index in [9.17, 15) is 9.90 Å². The Kier molecular flexibility index (Phi) is 2.86. The largest absolute Gasteiger partial charge is 0.478 e. The number of carbonyl (C=O) groups is 1. The highest BCUT2D eigenvalue weighted by Gasteiger charge is 2.56. The lowest BCUT2D eigenvalue weighted by atomic mass is 9.50. The van der Waals surface area contributed by atoms with Gasteiger partial charge >= 0.3 is 5.97 Å². The summed E-state index contributed by atoms with van der Waals surface area (Å²) in [6.07, 6.45) is 7.71. The van der Waals surface area contributed by atoms with Crippen LogP contribution in [0.1, 0.15) is 35.2 Å². The van der Waals surface area contributed by atoms with Crippen LogP contribution < -0.4 is 5.32 Å². The number of aromatic carboxylic acids is 1. The Morgan fingerprint density at radius 3 is 2.73 bits per heavy atom. The number of nitriles is 1. The van der Waals surface area contributed by atoms with Gasteiger partial charge in [0.05, 0.1) is 17.4 Å². The van der Waals surface area contributed by atoms with E-state index in [1.807, 2.05) is 6.07 Å². The molecule has 128 valence electrons. The van der Waals surface area contributed by atoms with Gasteiger partial charge in [-0.15, -0.1) is 0 Å². The van der Waals surface area contributed by atoms with Crippen LogP contribution in [0, 0.1) is 17.2 Å². The molecule has 2 N–H and O–H groups in total. The van der Waals surface area contributed by atoms with Gasteiger partial charge in [0.15, 0.2) is 11.5 Å².